The Morgan fingerprint density at radius 2 is 1.76 bits per heavy atom. The molecule has 1 saturated carbocycles. The maximum atomic E-state index is 10.2. The molecular weight excluding hydrogens is 314 g/mol. The van der Waals surface area contributed by atoms with E-state index in [0.29, 0.717) is 25.2 Å². The van der Waals surface area contributed by atoms with Crippen molar-refractivity contribution in [3.05, 3.63) is 12.7 Å². The predicted molar refractivity (Wildman–Crippen MR) is 104 cm³/mol. The lowest BCUT2D eigenvalue weighted by atomic mass is 9.87. The summed E-state index contributed by atoms with van der Waals surface area (Å²) in [6, 6.07) is 0. The Morgan fingerprint density at radius 1 is 1.04 bits per heavy atom. The van der Waals surface area contributed by atoms with Crippen molar-refractivity contribution in [1.82, 2.24) is 5.32 Å². The first-order valence-electron chi connectivity index (χ1n) is 10.4. The summed E-state index contributed by atoms with van der Waals surface area (Å²) in [6.07, 6.45) is 12.4. The van der Waals surface area contributed by atoms with Crippen LogP contribution in [0.2, 0.25) is 0 Å². The quantitative estimate of drug-likeness (QED) is 0.218. The van der Waals surface area contributed by atoms with Gasteiger partial charge in [-0.05, 0) is 62.8 Å². The highest BCUT2D eigenvalue weighted by atomic mass is 16.5. The zero-order chi connectivity index (χ0) is 18.5. The van der Waals surface area contributed by atoms with E-state index in [1.807, 2.05) is 6.08 Å². The van der Waals surface area contributed by atoms with Gasteiger partial charge >= 0.3 is 0 Å². The topological polar surface area (TPSA) is 72.7 Å². The van der Waals surface area contributed by atoms with Gasteiger partial charge in [0.1, 0.15) is 0 Å². The highest BCUT2D eigenvalue weighted by Gasteiger charge is 2.17. The number of nitrogens with one attached hydrogen (secondary N) is 1. The van der Waals surface area contributed by atoms with Crippen molar-refractivity contribution in [2.75, 3.05) is 13.1 Å². The molecule has 4 nitrogen and oxygen atoms in total. The third-order valence-electron chi connectivity index (χ3n) is 5.81. The second-order valence-electron chi connectivity index (χ2n) is 8.03. The Morgan fingerprint density at radius 3 is 2.40 bits per heavy atom. The molecule has 3 atom stereocenters. The average molecular weight is 356 g/mol. The van der Waals surface area contributed by atoms with Crippen LogP contribution in [0, 0.1) is 17.8 Å². The van der Waals surface area contributed by atoms with Crippen LogP contribution in [-0.2, 0) is 0 Å². The van der Waals surface area contributed by atoms with E-state index in [4.69, 9.17) is 10.2 Å². The van der Waals surface area contributed by atoms with E-state index in [0.717, 1.165) is 31.8 Å². The Hall–Kier alpha value is -0.420. The zero-order valence-corrected chi connectivity index (χ0v) is 16.2. The fourth-order valence-electron chi connectivity index (χ4n) is 3.84. The molecule has 1 aliphatic rings. The van der Waals surface area contributed by atoms with E-state index in [9.17, 15) is 5.11 Å². The van der Waals surface area contributed by atoms with E-state index >= 15 is 0 Å². The van der Waals surface area contributed by atoms with Gasteiger partial charge in [0.15, 0.2) is 6.29 Å². The Labute approximate surface area is 154 Å². The summed E-state index contributed by atoms with van der Waals surface area (Å²) < 4.78 is 0. The van der Waals surface area contributed by atoms with Crippen LogP contribution in [0.3, 0.4) is 0 Å². The molecule has 0 bridgehead atoms. The second-order valence-corrected chi connectivity index (χ2v) is 8.03. The van der Waals surface area contributed by atoms with E-state index in [1.54, 1.807) is 0 Å². The molecule has 0 aromatic carbocycles. The van der Waals surface area contributed by atoms with E-state index in [2.05, 4.69) is 18.8 Å². The lowest BCUT2D eigenvalue weighted by molar-refractivity contribution is -0.0488. The van der Waals surface area contributed by atoms with Gasteiger partial charge < -0.3 is 20.6 Å². The minimum absolute atomic E-state index is 0.237. The van der Waals surface area contributed by atoms with Gasteiger partial charge in [-0.2, -0.15) is 0 Å². The van der Waals surface area contributed by atoms with Gasteiger partial charge in [-0.3, -0.25) is 0 Å². The van der Waals surface area contributed by atoms with Crippen LogP contribution >= 0.6 is 0 Å². The minimum Gasteiger partial charge on any atom is -0.393 e. The molecule has 1 rings (SSSR count). The lowest BCUT2D eigenvalue weighted by Crippen LogP contribution is -2.26. The Kier molecular flexibility index (Phi) is 12.4. The molecule has 0 saturated heterocycles. The predicted octanol–water partition coefficient (Wildman–Crippen LogP) is 3.61. The van der Waals surface area contributed by atoms with Crippen molar-refractivity contribution in [3.63, 3.8) is 0 Å². The van der Waals surface area contributed by atoms with Crippen molar-refractivity contribution in [2.24, 2.45) is 17.8 Å². The smallest absolute Gasteiger partial charge is 0.151 e. The molecule has 0 spiro atoms. The minimum atomic E-state index is -1.26. The largest absolute Gasteiger partial charge is 0.393 e. The number of aliphatic hydroxyl groups is 3. The lowest BCUT2D eigenvalue weighted by Gasteiger charge is -2.23. The van der Waals surface area contributed by atoms with Gasteiger partial charge in [0.25, 0.3) is 0 Å². The van der Waals surface area contributed by atoms with Crippen LogP contribution in [0.15, 0.2) is 12.7 Å². The first kappa shape index (κ1) is 22.6. The van der Waals surface area contributed by atoms with Crippen LogP contribution in [-0.4, -0.2) is 40.8 Å². The number of hydrogen-bond acceptors (Lipinski definition) is 4. The molecule has 148 valence electrons. The number of hydrogen-bond donors (Lipinski definition) is 4. The highest BCUT2D eigenvalue weighted by Crippen LogP contribution is 2.25. The average Bonchev–Trinajstić information content (AvgIpc) is 2.61. The SMILES string of the molecule is C=CC(CCC(C)[C@@H](O)CCCC(O)O)CNCCC1CCCCC1. The van der Waals surface area contributed by atoms with Crippen LogP contribution in [0.4, 0.5) is 0 Å². The summed E-state index contributed by atoms with van der Waals surface area (Å²) in [4.78, 5) is 0. The molecule has 4 heteroatoms. The van der Waals surface area contributed by atoms with Gasteiger partial charge in [-0.25, -0.2) is 0 Å². The maximum absolute atomic E-state index is 10.2. The fraction of sp³-hybridized carbons (Fsp3) is 0.905. The van der Waals surface area contributed by atoms with Gasteiger partial charge in [0.2, 0.25) is 0 Å². The molecule has 1 aliphatic carbocycles. The molecule has 25 heavy (non-hydrogen) atoms. The third-order valence-corrected chi connectivity index (χ3v) is 5.81. The highest BCUT2D eigenvalue weighted by molar-refractivity contribution is 4.82. The van der Waals surface area contributed by atoms with Gasteiger partial charge in [0.05, 0.1) is 6.10 Å². The first-order valence-corrected chi connectivity index (χ1v) is 10.4. The van der Waals surface area contributed by atoms with Crippen molar-refractivity contribution < 1.29 is 15.3 Å². The molecule has 1 fully saturated rings. The second kappa shape index (κ2) is 13.7. The molecule has 0 amide bonds. The van der Waals surface area contributed by atoms with Crippen LogP contribution < -0.4 is 5.32 Å². The normalized spacial score (nSPS) is 19.7. The van der Waals surface area contributed by atoms with E-state index < -0.39 is 6.29 Å². The fourth-order valence-corrected chi connectivity index (χ4v) is 3.84. The molecule has 0 heterocycles. The van der Waals surface area contributed by atoms with Crippen molar-refractivity contribution in [1.29, 1.82) is 0 Å². The monoisotopic (exact) mass is 355 g/mol. The molecule has 4 N–H and O–H groups in total. The maximum Gasteiger partial charge on any atom is 0.151 e. The molecule has 0 aliphatic heterocycles. The third kappa shape index (κ3) is 11.0. The van der Waals surface area contributed by atoms with Crippen molar-refractivity contribution >= 4 is 0 Å². The molecule has 2 unspecified atom stereocenters. The summed E-state index contributed by atoms with van der Waals surface area (Å²) in [6.45, 7) is 8.13. The van der Waals surface area contributed by atoms with Gasteiger partial charge in [0, 0.05) is 6.54 Å². The standard InChI is InChI=1S/C21H41NO3/c1-3-18(16-22-15-14-19-8-5-4-6-9-19)13-12-17(2)20(23)10-7-11-21(24)25/h3,17-25H,1,4-16H2,2H3/t17?,18?,20-/m0/s1. The molecular formula is C21H41NO3. The summed E-state index contributed by atoms with van der Waals surface area (Å²) in [5, 5.41) is 31.5. The summed E-state index contributed by atoms with van der Waals surface area (Å²) in [5.41, 5.74) is 0. The molecule has 0 aromatic rings. The van der Waals surface area contributed by atoms with Crippen molar-refractivity contribution in [2.45, 2.75) is 89.9 Å². The first-order chi connectivity index (χ1) is 12.0. The van der Waals surface area contributed by atoms with Gasteiger partial charge in [-0.1, -0.05) is 45.1 Å². The summed E-state index contributed by atoms with van der Waals surface area (Å²) in [7, 11) is 0. The van der Waals surface area contributed by atoms with Crippen LogP contribution in [0.1, 0.15) is 77.6 Å². The zero-order valence-electron chi connectivity index (χ0n) is 16.2. The number of rotatable bonds is 14. The van der Waals surface area contributed by atoms with E-state index in [-0.39, 0.29) is 12.0 Å². The summed E-state index contributed by atoms with van der Waals surface area (Å²) in [5.74, 6) is 1.62. The number of aliphatic hydroxyl groups excluding tert-OH is 2. The Balaban J connectivity index is 2.10. The molecule has 0 radical (unpaired) electrons. The van der Waals surface area contributed by atoms with E-state index in [1.165, 1.54) is 38.5 Å². The van der Waals surface area contributed by atoms with Crippen LogP contribution in [0.25, 0.3) is 0 Å². The summed E-state index contributed by atoms with van der Waals surface area (Å²) >= 11 is 0. The Bertz CT molecular complexity index is 329. The van der Waals surface area contributed by atoms with Gasteiger partial charge in [-0.15, -0.1) is 6.58 Å². The van der Waals surface area contributed by atoms with Crippen molar-refractivity contribution in [3.8, 4) is 0 Å². The molecule has 0 aromatic heterocycles. The van der Waals surface area contributed by atoms with Crippen LogP contribution in [0.5, 0.6) is 0 Å².